The van der Waals surface area contributed by atoms with Crippen molar-refractivity contribution in [1.82, 2.24) is 5.43 Å². The minimum absolute atomic E-state index is 0.0348. The van der Waals surface area contributed by atoms with Gasteiger partial charge in [0, 0.05) is 5.56 Å². The lowest BCUT2D eigenvalue weighted by Crippen LogP contribution is -2.24. The van der Waals surface area contributed by atoms with Gasteiger partial charge in [0.2, 0.25) is 0 Å². The van der Waals surface area contributed by atoms with Crippen LogP contribution in [0.15, 0.2) is 46.0 Å². The largest absolute Gasteiger partial charge is 0.483 e. The molecule has 2 aromatic rings. The third kappa shape index (κ3) is 5.73. The Labute approximate surface area is 171 Å². The van der Waals surface area contributed by atoms with Crippen LogP contribution in [0.4, 0.5) is 0 Å². The monoisotopic (exact) mass is 456 g/mol. The molecule has 0 aliphatic heterocycles. The highest BCUT2D eigenvalue weighted by molar-refractivity contribution is 9.10. The van der Waals surface area contributed by atoms with Gasteiger partial charge in [-0.3, -0.25) is 4.79 Å². The van der Waals surface area contributed by atoms with Crippen molar-refractivity contribution in [3.63, 3.8) is 0 Å². The van der Waals surface area contributed by atoms with Crippen LogP contribution in [0.1, 0.15) is 31.9 Å². The smallest absolute Gasteiger partial charge is 0.277 e. The number of hydrazone groups is 1. The van der Waals surface area contributed by atoms with Gasteiger partial charge in [-0.2, -0.15) is 5.10 Å². The second-order valence-corrected chi connectivity index (χ2v) is 8.28. The SMILES string of the molecule is CC(C)(C)c1ccc(OCC(=O)NN=Cc2c(Cl)cccc2Cl)c(Br)c1. The molecule has 0 spiro atoms. The molecule has 0 fully saturated rings. The van der Waals surface area contributed by atoms with Crippen molar-refractivity contribution in [3.05, 3.63) is 62.0 Å². The van der Waals surface area contributed by atoms with E-state index >= 15 is 0 Å². The van der Waals surface area contributed by atoms with Crippen molar-refractivity contribution >= 4 is 51.3 Å². The average molecular weight is 458 g/mol. The first-order valence-corrected chi connectivity index (χ1v) is 9.42. The van der Waals surface area contributed by atoms with E-state index in [4.69, 9.17) is 27.9 Å². The Kier molecular flexibility index (Phi) is 7.09. The van der Waals surface area contributed by atoms with E-state index in [0.717, 1.165) is 4.47 Å². The maximum Gasteiger partial charge on any atom is 0.277 e. The zero-order valence-electron chi connectivity index (χ0n) is 14.6. The molecular weight excluding hydrogens is 439 g/mol. The molecule has 0 saturated carbocycles. The molecule has 2 rings (SSSR count). The molecule has 7 heteroatoms. The Hall–Kier alpha value is -1.56. The highest BCUT2D eigenvalue weighted by atomic mass is 79.9. The third-order valence-corrected chi connectivity index (χ3v) is 4.82. The van der Waals surface area contributed by atoms with Crippen LogP contribution in [0.25, 0.3) is 0 Å². The fourth-order valence-electron chi connectivity index (χ4n) is 2.06. The quantitative estimate of drug-likeness (QED) is 0.470. The number of hydrogen-bond donors (Lipinski definition) is 1. The van der Waals surface area contributed by atoms with E-state index in [1.165, 1.54) is 11.8 Å². The number of hydrogen-bond acceptors (Lipinski definition) is 3. The second-order valence-electron chi connectivity index (χ2n) is 6.61. The summed E-state index contributed by atoms with van der Waals surface area (Å²) in [7, 11) is 0. The second kappa shape index (κ2) is 8.89. The summed E-state index contributed by atoms with van der Waals surface area (Å²) in [4.78, 5) is 11.9. The van der Waals surface area contributed by atoms with Gasteiger partial charge in [0.1, 0.15) is 5.75 Å². The lowest BCUT2D eigenvalue weighted by molar-refractivity contribution is -0.123. The van der Waals surface area contributed by atoms with Gasteiger partial charge in [-0.25, -0.2) is 5.43 Å². The predicted octanol–water partition coefficient (Wildman–Crippen LogP) is 5.58. The number of halogens is 3. The summed E-state index contributed by atoms with van der Waals surface area (Å²) in [5.74, 6) is 0.197. The molecule has 0 unspecified atom stereocenters. The molecule has 2 aromatic carbocycles. The minimum Gasteiger partial charge on any atom is -0.483 e. The summed E-state index contributed by atoms with van der Waals surface area (Å²) in [5.41, 5.74) is 4.13. The molecule has 0 aliphatic carbocycles. The van der Waals surface area contributed by atoms with Crippen LogP contribution in [0.5, 0.6) is 5.75 Å². The van der Waals surface area contributed by atoms with Crippen molar-refractivity contribution in [2.45, 2.75) is 26.2 Å². The van der Waals surface area contributed by atoms with Crippen molar-refractivity contribution in [3.8, 4) is 5.75 Å². The summed E-state index contributed by atoms with van der Waals surface area (Å²) in [5, 5.41) is 4.77. The third-order valence-electron chi connectivity index (χ3n) is 3.54. The number of carbonyl (C=O) groups is 1. The van der Waals surface area contributed by atoms with Gasteiger partial charge in [-0.05, 0) is 51.2 Å². The zero-order chi connectivity index (χ0) is 19.3. The van der Waals surface area contributed by atoms with Crippen LogP contribution < -0.4 is 10.2 Å². The Morgan fingerprint density at radius 1 is 1.23 bits per heavy atom. The van der Waals surface area contributed by atoms with Gasteiger partial charge in [-0.1, -0.05) is 56.1 Å². The van der Waals surface area contributed by atoms with Gasteiger partial charge < -0.3 is 4.74 Å². The molecule has 0 radical (unpaired) electrons. The van der Waals surface area contributed by atoms with Gasteiger partial charge in [0.05, 0.1) is 20.7 Å². The van der Waals surface area contributed by atoms with Crippen LogP contribution in [0.3, 0.4) is 0 Å². The first kappa shape index (κ1) is 20.7. The van der Waals surface area contributed by atoms with Crippen molar-refractivity contribution < 1.29 is 9.53 Å². The summed E-state index contributed by atoms with van der Waals surface area (Å²) >= 11 is 15.5. The number of amides is 1. The first-order chi connectivity index (χ1) is 12.2. The van der Waals surface area contributed by atoms with E-state index < -0.39 is 5.91 Å². The zero-order valence-corrected chi connectivity index (χ0v) is 17.7. The number of ether oxygens (including phenoxy) is 1. The first-order valence-electron chi connectivity index (χ1n) is 7.87. The van der Waals surface area contributed by atoms with E-state index in [2.05, 4.69) is 47.2 Å². The Bertz CT molecular complexity index is 813. The lowest BCUT2D eigenvalue weighted by Gasteiger charge is -2.20. The van der Waals surface area contributed by atoms with Crippen LogP contribution in [-0.2, 0) is 10.2 Å². The molecule has 0 aromatic heterocycles. The molecule has 0 aliphatic rings. The molecule has 1 N–H and O–H groups in total. The van der Waals surface area contributed by atoms with Gasteiger partial charge in [0.15, 0.2) is 6.61 Å². The molecule has 26 heavy (non-hydrogen) atoms. The topological polar surface area (TPSA) is 50.7 Å². The average Bonchev–Trinajstić information content (AvgIpc) is 2.55. The normalized spacial score (nSPS) is 11.6. The number of nitrogens with zero attached hydrogens (tertiary/aromatic N) is 1. The molecule has 4 nitrogen and oxygen atoms in total. The Morgan fingerprint density at radius 2 is 1.88 bits per heavy atom. The van der Waals surface area contributed by atoms with Gasteiger partial charge >= 0.3 is 0 Å². The Balaban J connectivity index is 1.92. The van der Waals surface area contributed by atoms with Crippen LogP contribution in [0.2, 0.25) is 10.0 Å². The molecule has 0 heterocycles. The predicted molar refractivity (Wildman–Crippen MR) is 111 cm³/mol. The molecular formula is C19H19BrCl2N2O2. The van der Waals surface area contributed by atoms with Crippen LogP contribution in [-0.4, -0.2) is 18.7 Å². The highest BCUT2D eigenvalue weighted by Gasteiger charge is 2.15. The number of benzene rings is 2. The van der Waals surface area contributed by atoms with Gasteiger partial charge in [-0.15, -0.1) is 0 Å². The van der Waals surface area contributed by atoms with Crippen LogP contribution >= 0.6 is 39.1 Å². The van der Waals surface area contributed by atoms with Crippen LogP contribution in [0, 0.1) is 0 Å². The minimum atomic E-state index is -0.392. The lowest BCUT2D eigenvalue weighted by atomic mass is 9.87. The van der Waals surface area contributed by atoms with Crippen molar-refractivity contribution in [2.75, 3.05) is 6.61 Å². The van der Waals surface area contributed by atoms with E-state index in [9.17, 15) is 4.79 Å². The fourth-order valence-corrected chi connectivity index (χ4v) is 3.05. The molecule has 1 amide bonds. The van der Waals surface area contributed by atoms with E-state index in [1.807, 2.05) is 18.2 Å². The molecule has 0 atom stereocenters. The maximum absolute atomic E-state index is 11.9. The number of nitrogens with one attached hydrogen (secondary N) is 1. The van der Waals surface area contributed by atoms with Gasteiger partial charge in [0.25, 0.3) is 5.91 Å². The van der Waals surface area contributed by atoms with Crippen molar-refractivity contribution in [1.29, 1.82) is 0 Å². The van der Waals surface area contributed by atoms with E-state index in [-0.39, 0.29) is 12.0 Å². The van der Waals surface area contributed by atoms with E-state index in [0.29, 0.717) is 21.4 Å². The molecule has 0 saturated heterocycles. The standard InChI is InChI=1S/C19H19BrCl2N2O2/c1-19(2,3)12-7-8-17(14(20)9-12)26-11-18(25)24-23-10-13-15(21)5-4-6-16(13)22/h4-10H,11H2,1-3H3,(H,24,25). The summed E-state index contributed by atoms with van der Waals surface area (Å²) in [6.07, 6.45) is 1.40. The number of rotatable bonds is 5. The summed E-state index contributed by atoms with van der Waals surface area (Å²) in [6.45, 7) is 6.23. The maximum atomic E-state index is 11.9. The molecule has 0 bridgehead atoms. The number of carbonyl (C=O) groups excluding carboxylic acids is 1. The molecule has 138 valence electrons. The summed E-state index contributed by atoms with van der Waals surface area (Å²) in [6, 6.07) is 10.9. The van der Waals surface area contributed by atoms with E-state index in [1.54, 1.807) is 18.2 Å². The summed E-state index contributed by atoms with van der Waals surface area (Å²) < 4.78 is 6.33. The Morgan fingerprint density at radius 3 is 2.46 bits per heavy atom. The fraction of sp³-hybridized carbons (Fsp3) is 0.263. The highest BCUT2D eigenvalue weighted by Crippen LogP contribution is 2.31. The van der Waals surface area contributed by atoms with Crippen molar-refractivity contribution in [2.24, 2.45) is 5.10 Å².